The van der Waals surface area contributed by atoms with Gasteiger partial charge in [-0.3, -0.25) is 0 Å². The molecule has 8 aromatic rings. The maximum atomic E-state index is 6.45. The minimum atomic E-state index is -0.108. The van der Waals surface area contributed by atoms with Crippen molar-refractivity contribution in [3.8, 4) is 22.6 Å². The fourth-order valence-electron chi connectivity index (χ4n) is 9.41. The van der Waals surface area contributed by atoms with Gasteiger partial charge in [-0.25, -0.2) is 0 Å². The van der Waals surface area contributed by atoms with E-state index in [0.717, 1.165) is 23.6 Å². The van der Waals surface area contributed by atoms with Gasteiger partial charge >= 0.3 is 0 Å². The Labute approximate surface area is 313 Å². The molecule has 2 heterocycles. The monoisotopic (exact) mass is 699 g/mol. The van der Waals surface area contributed by atoms with Crippen molar-refractivity contribution in [2.45, 2.75) is 32.6 Å². The van der Waals surface area contributed by atoms with Crippen LogP contribution in [0.4, 0.5) is 17.1 Å². The van der Waals surface area contributed by atoms with Crippen molar-refractivity contribution in [2.75, 3.05) is 4.90 Å². The Kier molecular flexibility index (Phi) is 6.40. The van der Waals surface area contributed by atoms with Crippen LogP contribution in [0.2, 0.25) is 0 Å². The molecule has 0 radical (unpaired) electrons. The first-order valence-corrected chi connectivity index (χ1v) is 19.4. The molecule has 53 heavy (non-hydrogen) atoms. The number of para-hydroxylation sites is 1. The van der Waals surface area contributed by atoms with Crippen LogP contribution in [0.3, 0.4) is 0 Å². The van der Waals surface area contributed by atoms with Crippen molar-refractivity contribution in [2.24, 2.45) is 5.41 Å². The van der Waals surface area contributed by atoms with E-state index in [0.29, 0.717) is 0 Å². The second kappa shape index (κ2) is 11.1. The highest BCUT2D eigenvalue weighted by atomic mass is 32.1. The van der Waals surface area contributed by atoms with Gasteiger partial charge in [0.05, 0.1) is 0 Å². The molecule has 3 aliphatic rings. The highest BCUT2D eigenvalue weighted by Crippen LogP contribution is 2.64. The van der Waals surface area contributed by atoms with Crippen LogP contribution in [0.5, 0.6) is 11.5 Å². The maximum absolute atomic E-state index is 6.45. The second-order valence-corrected chi connectivity index (χ2v) is 16.6. The van der Waals surface area contributed by atoms with Gasteiger partial charge in [0.25, 0.3) is 0 Å². The molecular formula is C50H37NOS. The van der Waals surface area contributed by atoms with E-state index in [1.54, 1.807) is 0 Å². The van der Waals surface area contributed by atoms with Crippen LogP contribution in [-0.4, -0.2) is 0 Å². The summed E-state index contributed by atoms with van der Waals surface area (Å²) in [5.74, 6) is 1.86. The van der Waals surface area contributed by atoms with Gasteiger partial charge in [0.15, 0.2) is 0 Å². The molecule has 0 saturated heterocycles. The first-order valence-electron chi connectivity index (χ1n) is 18.5. The molecule has 0 spiro atoms. The highest BCUT2D eigenvalue weighted by molar-refractivity contribution is 7.25. The molecule has 254 valence electrons. The summed E-state index contributed by atoms with van der Waals surface area (Å²) in [5.41, 5.74) is 12.6. The summed E-state index contributed by atoms with van der Waals surface area (Å²) >= 11 is 1.87. The van der Waals surface area contributed by atoms with Crippen LogP contribution >= 0.6 is 11.3 Å². The summed E-state index contributed by atoms with van der Waals surface area (Å²) in [5, 5.41) is 5.05. The number of hydrogen-bond acceptors (Lipinski definition) is 3. The van der Waals surface area contributed by atoms with Gasteiger partial charge in [0.2, 0.25) is 0 Å². The first-order chi connectivity index (χ1) is 25.9. The molecule has 0 amide bonds. The topological polar surface area (TPSA) is 12.5 Å². The average molecular weight is 700 g/mol. The molecule has 1 aliphatic heterocycles. The minimum absolute atomic E-state index is 0.0788. The predicted octanol–water partition coefficient (Wildman–Crippen LogP) is 14.6. The number of hydrogen-bond donors (Lipinski definition) is 0. The van der Waals surface area contributed by atoms with Crippen LogP contribution in [-0.2, 0) is 5.41 Å². The van der Waals surface area contributed by atoms with Gasteiger partial charge in [-0.05, 0) is 106 Å². The van der Waals surface area contributed by atoms with Crippen LogP contribution in [0.15, 0.2) is 158 Å². The van der Waals surface area contributed by atoms with Crippen LogP contribution in [0.25, 0.3) is 53.2 Å². The maximum Gasteiger partial charge on any atom is 0.135 e. The average Bonchev–Trinajstić information content (AvgIpc) is 3.64. The van der Waals surface area contributed by atoms with E-state index in [1.165, 1.54) is 81.3 Å². The van der Waals surface area contributed by atoms with E-state index < -0.39 is 0 Å². The number of anilines is 3. The van der Waals surface area contributed by atoms with Gasteiger partial charge in [0.1, 0.15) is 11.5 Å². The number of allylic oxidation sites excluding steroid dienone is 4. The number of fused-ring (bicyclic) bond motifs is 8. The summed E-state index contributed by atoms with van der Waals surface area (Å²) < 4.78 is 9.09. The lowest BCUT2D eigenvalue weighted by Gasteiger charge is -2.42. The third kappa shape index (κ3) is 4.38. The number of rotatable bonds is 4. The molecule has 0 fully saturated rings. The molecule has 7 aromatic carbocycles. The Bertz CT molecular complexity index is 2890. The summed E-state index contributed by atoms with van der Waals surface area (Å²) in [6, 6.07) is 53.3. The van der Waals surface area contributed by atoms with E-state index >= 15 is 0 Å². The Hall–Kier alpha value is -5.90. The standard InChI is InChI=1S/C50H37NOS/c1-49(2)43-28-35(51(34-13-5-4-6-14-34)36-21-23-38-37-15-7-8-18-46(37)53-47(38)29-36)22-24-40(43)42-25-19-33(30-50(42,49)3)32-20-26-44-41(27-32)39-16-9-11-31-12-10-17-45(52-44)48(31)39/h4-29H,30H2,1-3H3. The van der Waals surface area contributed by atoms with Crippen LogP contribution < -0.4 is 9.64 Å². The van der Waals surface area contributed by atoms with Crippen molar-refractivity contribution in [3.63, 3.8) is 0 Å². The zero-order valence-corrected chi connectivity index (χ0v) is 30.8. The van der Waals surface area contributed by atoms with Crippen molar-refractivity contribution in [3.05, 3.63) is 174 Å². The first kappa shape index (κ1) is 30.7. The molecule has 11 rings (SSSR count). The largest absolute Gasteiger partial charge is 0.456 e. The van der Waals surface area contributed by atoms with E-state index in [9.17, 15) is 0 Å². The smallest absolute Gasteiger partial charge is 0.135 e. The zero-order chi connectivity index (χ0) is 35.5. The molecular weight excluding hydrogens is 663 g/mol. The van der Waals surface area contributed by atoms with E-state index in [4.69, 9.17) is 4.74 Å². The Morgan fingerprint density at radius 1 is 0.566 bits per heavy atom. The summed E-state index contributed by atoms with van der Waals surface area (Å²) in [6.45, 7) is 7.38. The highest BCUT2D eigenvalue weighted by Gasteiger charge is 2.53. The summed E-state index contributed by atoms with van der Waals surface area (Å²) in [4.78, 5) is 2.43. The summed E-state index contributed by atoms with van der Waals surface area (Å²) in [6.07, 6.45) is 5.73. The normalized spacial score (nSPS) is 17.9. The van der Waals surface area contributed by atoms with Gasteiger partial charge in [0, 0.05) is 59.0 Å². The molecule has 2 nitrogen and oxygen atoms in total. The molecule has 1 unspecified atom stereocenters. The Morgan fingerprint density at radius 2 is 1.34 bits per heavy atom. The quantitative estimate of drug-likeness (QED) is 0.181. The lowest BCUT2D eigenvalue weighted by molar-refractivity contribution is 0.275. The molecule has 0 saturated carbocycles. The molecule has 0 bridgehead atoms. The second-order valence-electron chi connectivity index (χ2n) is 15.6. The Morgan fingerprint density at radius 3 is 2.23 bits per heavy atom. The number of nitrogens with zero attached hydrogens (tertiary/aromatic N) is 1. The van der Waals surface area contributed by atoms with Gasteiger partial charge in [-0.2, -0.15) is 0 Å². The van der Waals surface area contributed by atoms with E-state index in [-0.39, 0.29) is 10.8 Å². The summed E-state index contributed by atoms with van der Waals surface area (Å²) in [7, 11) is 0. The van der Waals surface area contributed by atoms with Crippen LogP contribution in [0, 0.1) is 5.41 Å². The Balaban J connectivity index is 0.994. The van der Waals surface area contributed by atoms with Crippen molar-refractivity contribution in [1.29, 1.82) is 0 Å². The zero-order valence-electron chi connectivity index (χ0n) is 30.0. The van der Waals surface area contributed by atoms with Crippen molar-refractivity contribution in [1.82, 2.24) is 0 Å². The van der Waals surface area contributed by atoms with E-state index in [1.807, 2.05) is 11.3 Å². The van der Waals surface area contributed by atoms with Crippen molar-refractivity contribution >= 4 is 70.5 Å². The van der Waals surface area contributed by atoms with Crippen molar-refractivity contribution < 1.29 is 4.74 Å². The third-order valence-corrected chi connectivity index (χ3v) is 13.7. The number of thiophene rings is 1. The van der Waals surface area contributed by atoms with Crippen LogP contribution in [0.1, 0.15) is 43.9 Å². The fourth-order valence-corrected chi connectivity index (χ4v) is 10.5. The van der Waals surface area contributed by atoms with Gasteiger partial charge in [-0.15, -0.1) is 11.3 Å². The van der Waals surface area contributed by atoms with E-state index in [2.05, 4.69) is 183 Å². The van der Waals surface area contributed by atoms with Gasteiger partial charge in [-0.1, -0.05) is 118 Å². The molecule has 2 aliphatic carbocycles. The SMILES string of the molecule is CC12CC(c3ccc4c(c3)-c3cccc5cccc(c35)O4)=CC=C1c1ccc(N(c3ccccc3)c3ccc4c(c3)sc3ccccc34)cc1C2(C)C. The molecule has 0 N–H and O–H groups in total. The fraction of sp³-hybridized carbons (Fsp3) is 0.120. The number of benzene rings is 7. The molecule has 1 atom stereocenters. The minimum Gasteiger partial charge on any atom is -0.456 e. The lowest BCUT2D eigenvalue weighted by Crippen LogP contribution is -2.35. The predicted molar refractivity (Wildman–Crippen MR) is 225 cm³/mol. The number of ether oxygens (including phenoxy) is 1. The van der Waals surface area contributed by atoms with Gasteiger partial charge < -0.3 is 9.64 Å². The molecule has 3 heteroatoms. The lowest BCUT2D eigenvalue weighted by atomic mass is 9.61. The molecule has 1 aromatic heterocycles. The third-order valence-electron chi connectivity index (χ3n) is 12.6.